The SMILES string of the molecule is CN(CCc1nccs1)C(=O)NC(CCC(=O)O)Cc1ccccc1. The number of aromatic nitrogens is 1. The Morgan fingerprint density at radius 3 is 2.72 bits per heavy atom. The van der Waals surface area contributed by atoms with Crippen LogP contribution >= 0.6 is 11.3 Å². The van der Waals surface area contributed by atoms with Crippen molar-refractivity contribution in [3.05, 3.63) is 52.5 Å². The van der Waals surface area contributed by atoms with Crippen molar-refractivity contribution in [2.45, 2.75) is 31.7 Å². The maximum atomic E-state index is 12.4. The fourth-order valence-corrected chi connectivity index (χ4v) is 3.06. The minimum Gasteiger partial charge on any atom is -0.481 e. The van der Waals surface area contributed by atoms with Gasteiger partial charge in [-0.3, -0.25) is 4.79 Å². The summed E-state index contributed by atoms with van der Waals surface area (Å²) < 4.78 is 0. The summed E-state index contributed by atoms with van der Waals surface area (Å²) in [6, 6.07) is 9.35. The summed E-state index contributed by atoms with van der Waals surface area (Å²) in [5.74, 6) is -0.857. The van der Waals surface area contributed by atoms with Crippen molar-refractivity contribution >= 4 is 23.3 Å². The minimum atomic E-state index is -0.857. The van der Waals surface area contributed by atoms with E-state index in [1.807, 2.05) is 35.7 Å². The van der Waals surface area contributed by atoms with Crippen LogP contribution in [0.15, 0.2) is 41.9 Å². The topological polar surface area (TPSA) is 82.5 Å². The molecule has 1 aromatic heterocycles. The zero-order valence-corrected chi connectivity index (χ0v) is 15.0. The highest BCUT2D eigenvalue weighted by Gasteiger charge is 2.17. The normalized spacial score (nSPS) is 11.7. The number of hydrogen-bond donors (Lipinski definition) is 2. The first-order valence-corrected chi connectivity index (χ1v) is 9.08. The predicted molar refractivity (Wildman–Crippen MR) is 97.8 cm³/mol. The zero-order valence-electron chi connectivity index (χ0n) is 14.2. The molecule has 0 saturated carbocycles. The van der Waals surface area contributed by atoms with Gasteiger partial charge in [0.05, 0.1) is 5.01 Å². The largest absolute Gasteiger partial charge is 0.481 e. The Morgan fingerprint density at radius 2 is 2.08 bits per heavy atom. The van der Waals surface area contributed by atoms with Gasteiger partial charge in [-0.15, -0.1) is 11.3 Å². The Labute approximate surface area is 151 Å². The monoisotopic (exact) mass is 361 g/mol. The summed E-state index contributed by atoms with van der Waals surface area (Å²) >= 11 is 1.57. The standard InChI is InChI=1S/C18H23N3O3S/c1-21(11-9-16-19-10-12-25-16)18(24)20-15(7-8-17(22)23)13-14-5-3-2-4-6-14/h2-6,10,12,15H,7-9,11,13H2,1H3,(H,20,24)(H,22,23). The highest BCUT2D eigenvalue weighted by atomic mass is 32.1. The number of amides is 2. The molecule has 6 nitrogen and oxygen atoms in total. The Balaban J connectivity index is 1.89. The number of carbonyl (C=O) groups is 2. The van der Waals surface area contributed by atoms with E-state index in [-0.39, 0.29) is 18.5 Å². The number of carboxylic acids is 1. The van der Waals surface area contributed by atoms with Crippen LogP contribution in [0.5, 0.6) is 0 Å². The highest BCUT2D eigenvalue weighted by Crippen LogP contribution is 2.09. The van der Waals surface area contributed by atoms with E-state index in [4.69, 9.17) is 5.11 Å². The van der Waals surface area contributed by atoms with Crippen LogP contribution in [0.2, 0.25) is 0 Å². The summed E-state index contributed by atoms with van der Waals surface area (Å²) in [6.07, 6.45) is 3.50. The average Bonchev–Trinajstić information content (AvgIpc) is 3.12. The number of benzene rings is 1. The molecule has 0 saturated heterocycles. The van der Waals surface area contributed by atoms with Gasteiger partial charge in [0.2, 0.25) is 0 Å². The highest BCUT2D eigenvalue weighted by molar-refractivity contribution is 7.09. The van der Waals surface area contributed by atoms with Gasteiger partial charge in [0, 0.05) is 44.1 Å². The van der Waals surface area contributed by atoms with Gasteiger partial charge in [-0.1, -0.05) is 30.3 Å². The molecule has 25 heavy (non-hydrogen) atoms. The second-order valence-electron chi connectivity index (χ2n) is 5.87. The molecular weight excluding hydrogens is 338 g/mol. The van der Waals surface area contributed by atoms with E-state index in [1.165, 1.54) is 0 Å². The van der Waals surface area contributed by atoms with Crippen molar-refractivity contribution in [2.75, 3.05) is 13.6 Å². The molecule has 0 aliphatic carbocycles. The number of rotatable bonds is 9. The third kappa shape index (κ3) is 6.93. The smallest absolute Gasteiger partial charge is 0.317 e. The van der Waals surface area contributed by atoms with E-state index >= 15 is 0 Å². The van der Waals surface area contributed by atoms with Crippen LogP contribution in [0.25, 0.3) is 0 Å². The van der Waals surface area contributed by atoms with Crippen LogP contribution < -0.4 is 5.32 Å². The summed E-state index contributed by atoms with van der Waals surface area (Å²) in [6.45, 7) is 0.566. The van der Waals surface area contributed by atoms with E-state index in [0.717, 1.165) is 10.6 Å². The van der Waals surface area contributed by atoms with Crippen molar-refractivity contribution in [1.82, 2.24) is 15.2 Å². The molecule has 2 amide bonds. The second kappa shape index (κ2) is 9.78. The summed E-state index contributed by atoms with van der Waals surface area (Å²) in [5.41, 5.74) is 1.07. The molecule has 134 valence electrons. The molecule has 1 heterocycles. The summed E-state index contributed by atoms with van der Waals surface area (Å²) in [7, 11) is 1.74. The van der Waals surface area contributed by atoms with Gasteiger partial charge in [-0.2, -0.15) is 0 Å². The first-order chi connectivity index (χ1) is 12.0. The number of urea groups is 1. The van der Waals surface area contributed by atoms with Crippen molar-refractivity contribution in [2.24, 2.45) is 0 Å². The third-order valence-electron chi connectivity index (χ3n) is 3.85. The molecule has 0 bridgehead atoms. The lowest BCUT2D eigenvalue weighted by Crippen LogP contribution is -2.44. The molecule has 0 aliphatic heterocycles. The second-order valence-corrected chi connectivity index (χ2v) is 6.85. The van der Waals surface area contributed by atoms with Crippen LogP contribution in [-0.2, 0) is 17.6 Å². The number of aliphatic carboxylic acids is 1. The van der Waals surface area contributed by atoms with Gasteiger partial charge in [-0.25, -0.2) is 9.78 Å². The molecule has 1 aromatic carbocycles. The first-order valence-electron chi connectivity index (χ1n) is 8.20. The van der Waals surface area contributed by atoms with Gasteiger partial charge in [0.15, 0.2) is 0 Å². The van der Waals surface area contributed by atoms with E-state index in [9.17, 15) is 9.59 Å². The number of likely N-dealkylation sites (N-methyl/N-ethyl adjacent to an activating group) is 1. The molecular formula is C18H23N3O3S. The zero-order chi connectivity index (χ0) is 18.1. The Bertz CT molecular complexity index is 661. The number of nitrogens with zero attached hydrogens (tertiary/aromatic N) is 2. The molecule has 0 radical (unpaired) electrons. The van der Waals surface area contributed by atoms with Crippen LogP contribution in [-0.4, -0.2) is 46.6 Å². The van der Waals surface area contributed by atoms with Gasteiger partial charge in [0.1, 0.15) is 0 Å². The molecule has 1 unspecified atom stereocenters. The lowest BCUT2D eigenvalue weighted by molar-refractivity contribution is -0.137. The van der Waals surface area contributed by atoms with E-state index in [1.54, 1.807) is 29.5 Å². The van der Waals surface area contributed by atoms with Crippen molar-refractivity contribution < 1.29 is 14.7 Å². The lowest BCUT2D eigenvalue weighted by atomic mass is 10.0. The lowest BCUT2D eigenvalue weighted by Gasteiger charge is -2.23. The minimum absolute atomic E-state index is 0.0284. The van der Waals surface area contributed by atoms with E-state index in [2.05, 4.69) is 10.3 Å². The van der Waals surface area contributed by atoms with Crippen molar-refractivity contribution in [3.8, 4) is 0 Å². The molecule has 2 N–H and O–H groups in total. The number of thiazole rings is 1. The third-order valence-corrected chi connectivity index (χ3v) is 4.69. The van der Waals surface area contributed by atoms with Crippen LogP contribution in [0.1, 0.15) is 23.4 Å². The van der Waals surface area contributed by atoms with Gasteiger partial charge in [0.25, 0.3) is 0 Å². The fraction of sp³-hybridized carbons (Fsp3) is 0.389. The Kier molecular flexibility index (Phi) is 7.40. The molecule has 0 spiro atoms. The van der Waals surface area contributed by atoms with Crippen LogP contribution in [0.4, 0.5) is 4.79 Å². The summed E-state index contributed by atoms with van der Waals surface area (Å²) in [4.78, 5) is 29.1. The number of carboxylic acid groups (broad SMARTS) is 1. The number of hydrogen-bond acceptors (Lipinski definition) is 4. The van der Waals surface area contributed by atoms with E-state index < -0.39 is 5.97 Å². The van der Waals surface area contributed by atoms with Crippen molar-refractivity contribution in [1.29, 1.82) is 0 Å². The van der Waals surface area contributed by atoms with Crippen LogP contribution in [0, 0.1) is 0 Å². The predicted octanol–water partition coefficient (Wildman–Crippen LogP) is 2.80. The van der Waals surface area contributed by atoms with Gasteiger partial charge >= 0.3 is 12.0 Å². The maximum Gasteiger partial charge on any atom is 0.317 e. The molecule has 2 rings (SSSR count). The average molecular weight is 361 g/mol. The van der Waals surface area contributed by atoms with Gasteiger partial charge in [-0.05, 0) is 18.4 Å². The quantitative estimate of drug-likeness (QED) is 0.719. The maximum absolute atomic E-state index is 12.4. The number of nitrogens with one attached hydrogen (secondary N) is 1. The van der Waals surface area contributed by atoms with E-state index in [0.29, 0.717) is 25.8 Å². The van der Waals surface area contributed by atoms with Gasteiger partial charge < -0.3 is 15.3 Å². The molecule has 0 aliphatic rings. The molecule has 1 atom stereocenters. The Morgan fingerprint density at radius 1 is 1.32 bits per heavy atom. The molecule has 2 aromatic rings. The fourth-order valence-electron chi connectivity index (χ4n) is 2.45. The Hall–Kier alpha value is -2.41. The van der Waals surface area contributed by atoms with Crippen molar-refractivity contribution in [3.63, 3.8) is 0 Å². The molecule has 7 heteroatoms. The first kappa shape index (κ1) is 18.9. The van der Waals surface area contributed by atoms with Crippen LogP contribution in [0.3, 0.4) is 0 Å². The summed E-state index contributed by atoms with van der Waals surface area (Å²) in [5, 5.41) is 14.8. The number of carbonyl (C=O) groups excluding carboxylic acids is 1. The molecule has 0 fully saturated rings.